The normalized spacial score (nSPS) is 20.1. The van der Waals surface area contributed by atoms with Crippen LogP contribution in [0.5, 0.6) is 0 Å². The molecule has 1 N–H and O–H groups in total. The predicted molar refractivity (Wildman–Crippen MR) is 78.4 cm³/mol. The predicted octanol–water partition coefficient (Wildman–Crippen LogP) is 3.14. The van der Waals surface area contributed by atoms with Crippen molar-refractivity contribution >= 4 is 11.8 Å². The van der Waals surface area contributed by atoms with Gasteiger partial charge in [-0.25, -0.2) is 0 Å². The van der Waals surface area contributed by atoms with E-state index in [-0.39, 0.29) is 0 Å². The number of benzene rings is 1. The Kier molecular flexibility index (Phi) is 5.10. The van der Waals surface area contributed by atoms with E-state index < -0.39 is 0 Å². The van der Waals surface area contributed by atoms with Crippen LogP contribution in [-0.2, 0) is 4.74 Å². The Morgan fingerprint density at radius 3 is 2.89 bits per heavy atom. The van der Waals surface area contributed by atoms with Gasteiger partial charge >= 0.3 is 0 Å². The van der Waals surface area contributed by atoms with Crippen LogP contribution in [0.3, 0.4) is 0 Å². The maximum atomic E-state index is 5.28. The van der Waals surface area contributed by atoms with Gasteiger partial charge in [0, 0.05) is 36.3 Å². The lowest BCUT2D eigenvalue weighted by Crippen LogP contribution is -2.40. The van der Waals surface area contributed by atoms with Crippen molar-refractivity contribution in [3.63, 3.8) is 0 Å². The average Bonchev–Trinajstić information content (AvgIpc) is 2.77. The second kappa shape index (κ2) is 6.60. The molecule has 2 atom stereocenters. The van der Waals surface area contributed by atoms with Crippen LogP contribution < -0.4 is 5.32 Å². The molecule has 18 heavy (non-hydrogen) atoms. The van der Waals surface area contributed by atoms with Crippen molar-refractivity contribution < 1.29 is 4.74 Å². The Morgan fingerprint density at radius 1 is 1.39 bits per heavy atom. The molecule has 0 aromatic heterocycles. The van der Waals surface area contributed by atoms with E-state index in [9.17, 15) is 0 Å². The van der Waals surface area contributed by atoms with Crippen LogP contribution in [0.2, 0.25) is 0 Å². The molecule has 1 aromatic carbocycles. The summed E-state index contributed by atoms with van der Waals surface area (Å²) in [5.74, 6) is 2.45. The molecule has 0 saturated heterocycles. The van der Waals surface area contributed by atoms with Crippen molar-refractivity contribution in [2.75, 3.05) is 26.0 Å². The van der Waals surface area contributed by atoms with Gasteiger partial charge < -0.3 is 10.1 Å². The minimum absolute atomic E-state index is 0.452. The van der Waals surface area contributed by atoms with Crippen molar-refractivity contribution in [3.8, 4) is 0 Å². The molecule has 2 rings (SSSR count). The highest BCUT2D eigenvalue weighted by molar-refractivity contribution is 7.99. The van der Waals surface area contributed by atoms with Gasteiger partial charge in [0.25, 0.3) is 0 Å². The molecule has 1 aliphatic rings. The number of ether oxygens (including phenoxy) is 1. The molecule has 1 aromatic rings. The molecule has 0 amide bonds. The lowest BCUT2D eigenvalue weighted by molar-refractivity contribution is 0.146. The Balaban J connectivity index is 1.91. The topological polar surface area (TPSA) is 21.3 Å². The molecule has 100 valence electrons. The van der Waals surface area contributed by atoms with Crippen molar-refractivity contribution in [1.29, 1.82) is 0 Å². The molecule has 3 heteroatoms. The SMILES string of the molecule is COCC(NCC1CSc2ccccc21)C(C)C. The number of rotatable bonds is 6. The number of methoxy groups -OCH3 is 1. The van der Waals surface area contributed by atoms with Crippen LogP contribution in [0.1, 0.15) is 25.3 Å². The molecule has 0 spiro atoms. The van der Waals surface area contributed by atoms with Crippen LogP contribution in [0.4, 0.5) is 0 Å². The van der Waals surface area contributed by atoms with Crippen molar-refractivity contribution in [2.45, 2.75) is 30.7 Å². The highest BCUT2D eigenvalue weighted by Gasteiger charge is 2.23. The van der Waals surface area contributed by atoms with E-state index >= 15 is 0 Å². The van der Waals surface area contributed by atoms with Crippen LogP contribution in [-0.4, -0.2) is 32.1 Å². The highest BCUT2D eigenvalue weighted by atomic mass is 32.2. The number of fused-ring (bicyclic) bond motifs is 1. The van der Waals surface area contributed by atoms with E-state index in [2.05, 4.69) is 43.4 Å². The quantitative estimate of drug-likeness (QED) is 0.854. The van der Waals surface area contributed by atoms with Gasteiger partial charge in [-0.05, 0) is 17.5 Å². The molecule has 0 radical (unpaired) electrons. The Labute approximate surface area is 114 Å². The summed E-state index contributed by atoms with van der Waals surface area (Å²) >= 11 is 1.98. The summed E-state index contributed by atoms with van der Waals surface area (Å²) in [4.78, 5) is 1.46. The second-order valence-electron chi connectivity index (χ2n) is 5.26. The lowest BCUT2D eigenvalue weighted by atomic mass is 9.99. The van der Waals surface area contributed by atoms with Crippen LogP contribution in [0.15, 0.2) is 29.2 Å². The fourth-order valence-corrected chi connectivity index (χ4v) is 3.61. The maximum absolute atomic E-state index is 5.28. The van der Waals surface area contributed by atoms with Gasteiger partial charge in [-0.15, -0.1) is 11.8 Å². The molecule has 1 aliphatic heterocycles. The molecule has 0 saturated carbocycles. The van der Waals surface area contributed by atoms with E-state index in [4.69, 9.17) is 4.74 Å². The molecule has 0 bridgehead atoms. The molecule has 2 nitrogen and oxygen atoms in total. The van der Waals surface area contributed by atoms with Gasteiger partial charge in [0.05, 0.1) is 6.61 Å². The third-order valence-corrected chi connectivity index (χ3v) is 4.83. The molecule has 1 heterocycles. The zero-order chi connectivity index (χ0) is 13.0. The Bertz CT molecular complexity index is 381. The van der Waals surface area contributed by atoms with E-state index in [1.807, 2.05) is 11.8 Å². The lowest BCUT2D eigenvalue weighted by Gasteiger charge is -2.23. The second-order valence-corrected chi connectivity index (χ2v) is 6.32. The average molecular weight is 265 g/mol. The first-order chi connectivity index (χ1) is 8.72. The first kappa shape index (κ1) is 13.9. The van der Waals surface area contributed by atoms with Crippen LogP contribution in [0, 0.1) is 5.92 Å². The largest absolute Gasteiger partial charge is 0.383 e. The number of thioether (sulfide) groups is 1. The Morgan fingerprint density at radius 2 is 2.17 bits per heavy atom. The first-order valence-electron chi connectivity index (χ1n) is 6.66. The minimum Gasteiger partial charge on any atom is -0.383 e. The fraction of sp³-hybridized carbons (Fsp3) is 0.600. The van der Waals surface area contributed by atoms with Crippen LogP contribution in [0.25, 0.3) is 0 Å². The number of hydrogen-bond acceptors (Lipinski definition) is 3. The van der Waals surface area contributed by atoms with E-state index in [0.717, 1.165) is 13.2 Å². The van der Waals surface area contributed by atoms with E-state index in [1.54, 1.807) is 7.11 Å². The van der Waals surface area contributed by atoms with Gasteiger partial charge in [-0.1, -0.05) is 32.0 Å². The smallest absolute Gasteiger partial charge is 0.0618 e. The van der Waals surface area contributed by atoms with Gasteiger partial charge in [0.2, 0.25) is 0 Å². The highest BCUT2D eigenvalue weighted by Crippen LogP contribution is 2.38. The summed E-state index contributed by atoms with van der Waals surface area (Å²) < 4.78 is 5.28. The summed E-state index contributed by atoms with van der Waals surface area (Å²) in [6, 6.07) is 9.22. The Hall–Kier alpha value is -0.510. The van der Waals surface area contributed by atoms with Gasteiger partial charge in [0.1, 0.15) is 0 Å². The minimum atomic E-state index is 0.452. The fourth-order valence-electron chi connectivity index (χ4n) is 2.36. The van der Waals surface area contributed by atoms with Gasteiger partial charge in [-0.3, -0.25) is 0 Å². The van der Waals surface area contributed by atoms with Crippen molar-refractivity contribution in [1.82, 2.24) is 5.32 Å². The zero-order valence-corrected chi connectivity index (χ0v) is 12.3. The maximum Gasteiger partial charge on any atom is 0.0618 e. The number of hydrogen-bond donors (Lipinski definition) is 1. The van der Waals surface area contributed by atoms with E-state index in [1.165, 1.54) is 16.2 Å². The van der Waals surface area contributed by atoms with Gasteiger partial charge in [0.15, 0.2) is 0 Å². The first-order valence-corrected chi connectivity index (χ1v) is 7.65. The van der Waals surface area contributed by atoms with Crippen LogP contribution >= 0.6 is 11.8 Å². The molecule has 0 fully saturated rings. The summed E-state index contributed by atoms with van der Waals surface area (Å²) in [7, 11) is 1.78. The molecule has 0 aliphatic carbocycles. The van der Waals surface area contributed by atoms with Gasteiger partial charge in [-0.2, -0.15) is 0 Å². The zero-order valence-electron chi connectivity index (χ0n) is 11.5. The standard InChI is InChI=1S/C15H23NOS/c1-11(2)14(9-17-3)16-8-12-10-18-15-7-5-4-6-13(12)15/h4-7,11-12,14,16H,8-10H2,1-3H3. The molecule has 2 unspecified atom stereocenters. The molecular weight excluding hydrogens is 242 g/mol. The monoisotopic (exact) mass is 265 g/mol. The summed E-state index contributed by atoms with van der Waals surface area (Å²) in [5.41, 5.74) is 1.51. The molecular formula is C15H23NOS. The third kappa shape index (κ3) is 3.28. The summed E-state index contributed by atoms with van der Waals surface area (Å²) in [6.45, 7) is 6.33. The van der Waals surface area contributed by atoms with E-state index in [0.29, 0.717) is 17.9 Å². The summed E-state index contributed by atoms with van der Waals surface area (Å²) in [5, 5.41) is 3.66. The third-order valence-electron chi connectivity index (χ3n) is 3.58. The van der Waals surface area contributed by atoms with Crippen molar-refractivity contribution in [2.24, 2.45) is 5.92 Å². The summed E-state index contributed by atoms with van der Waals surface area (Å²) in [6.07, 6.45) is 0. The van der Waals surface area contributed by atoms with Crippen molar-refractivity contribution in [3.05, 3.63) is 29.8 Å². The number of nitrogens with one attached hydrogen (secondary N) is 1.